The summed E-state index contributed by atoms with van der Waals surface area (Å²) in [6, 6.07) is 5.15. The quantitative estimate of drug-likeness (QED) is 0.759. The van der Waals surface area contributed by atoms with Crippen LogP contribution in [0.4, 0.5) is 0 Å². The Bertz CT molecular complexity index is 277. The maximum Gasteiger partial charge on any atom is 0.0118 e. The third-order valence-electron chi connectivity index (χ3n) is 3.55. The third kappa shape index (κ3) is 3.60. The first-order valence-electron chi connectivity index (χ1n) is 6.64. The molecule has 16 heavy (non-hydrogen) atoms. The molecule has 1 saturated carbocycles. The average Bonchev–Trinajstić information content (AvgIpc) is 2.72. The second-order valence-electron chi connectivity index (χ2n) is 4.97. The molecule has 0 amide bonds. The van der Waals surface area contributed by atoms with Gasteiger partial charge in [0.15, 0.2) is 0 Å². The Balaban J connectivity index is 1.80. The summed E-state index contributed by atoms with van der Waals surface area (Å²) in [6.07, 6.45) is 8.26. The van der Waals surface area contributed by atoms with Crippen LogP contribution < -0.4 is 5.32 Å². The molecule has 1 atom stereocenters. The molecule has 0 spiro atoms. The van der Waals surface area contributed by atoms with E-state index in [9.17, 15) is 0 Å². The molecule has 2 heteroatoms. The van der Waals surface area contributed by atoms with Crippen molar-refractivity contribution in [3.63, 3.8) is 0 Å². The van der Waals surface area contributed by atoms with E-state index in [1.807, 2.05) is 11.3 Å². The van der Waals surface area contributed by atoms with Crippen LogP contribution in [0.25, 0.3) is 0 Å². The molecule has 0 aromatic carbocycles. The van der Waals surface area contributed by atoms with Gasteiger partial charge in [-0.05, 0) is 43.2 Å². The Hall–Kier alpha value is -0.340. The van der Waals surface area contributed by atoms with Crippen molar-refractivity contribution >= 4 is 11.3 Å². The van der Waals surface area contributed by atoms with Gasteiger partial charge in [-0.15, -0.1) is 11.3 Å². The van der Waals surface area contributed by atoms with Crippen LogP contribution in [-0.2, 0) is 6.42 Å². The van der Waals surface area contributed by atoms with E-state index in [-0.39, 0.29) is 0 Å². The first kappa shape index (κ1) is 12.1. The van der Waals surface area contributed by atoms with E-state index in [0.29, 0.717) is 6.04 Å². The minimum absolute atomic E-state index is 0.712. The molecule has 90 valence electrons. The first-order chi connectivity index (χ1) is 7.88. The Morgan fingerprint density at radius 2 is 2.38 bits per heavy atom. The standard InChI is InChI=1S/C14H23NS/c1-2-8-15-13(10-12-5-3-6-12)11-14-7-4-9-16-14/h4,7,9,12-13,15H,2-3,5-6,8,10-11H2,1H3. The lowest BCUT2D eigenvalue weighted by Gasteiger charge is -2.30. The molecule has 0 radical (unpaired) electrons. The molecule has 1 heterocycles. The SMILES string of the molecule is CCCNC(Cc1cccs1)CC1CCC1. The maximum atomic E-state index is 3.71. The average molecular weight is 237 g/mol. The van der Waals surface area contributed by atoms with Gasteiger partial charge in [0, 0.05) is 10.9 Å². The van der Waals surface area contributed by atoms with Gasteiger partial charge in [-0.1, -0.05) is 32.3 Å². The van der Waals surface area contributed by atoms with Gasteiger partial charge >= 0.3 is 0 Å². The highest BCUT2D eigenvalue weighted by Gasteiger charge is 2.22. The molecule has 1 unspecified atom stereocenters. The van der Waals surface area contributed by atoms with Crippen LogP contribution in [0.5, 0.6) is 0 Å². The van der Waals surface area contributed by atoms with Crippen molar-refractivity contribution in [2.75, 3.05) is 6.54 Å². The zero-order valence-electron chi connectivity index (χ0n) is 10.2. The highest BCUT2D eigenvalue weighted by atomic mass is 32.1. The molecular weight excluding hydrogens is 214 g/mol. The fourth-order valence-electron chi connectivity index (χ4n) is 2.39. The van der Waals surface area contributed by atoms with Crippen molar-refractivity contribution in [2.45, 2.75) is 51.5 Å². The van der Waals surface area contributed by atoms with Crippen molar-refractivity contribution in [3.8, 4) is 0 Å². The van der Waals surface area contributed by atoms with Crippen molar-refractivity contribution in [1.82, 2.24) is 5.32 Å². The number of thiophene rings is 1. The molecule has 1 N–H and O–H groups in total. The Morgan fingerprint density at radius 1 is 1.50 bits per heavy atom. The fraction of sp³-hybridized carbons (Fsp3) is 0.714. The third-order valence-corrected chi connectivity index (χ3v) is 4.45. The van der Waals surface area contributed by atoms with E-state index in [1.165, 1.54) is 49.9 Å². The van der Waals surface area contributed by atoms with Crippen LogP contribution in [-0.4, -0.2) is 12.6 Å². The van der Waals surface area contributed by atoms with Crippen LogP contribution in [0, 0.1) is 5.92 Å². The Morgan fingerprint density at radius 3 is 2.94 bits per heavy atom. The summed E-state index contributed by atoms with van der Waals surface area (Å²) in [5.74, 6) is 1.01. The summed E-state index contributed by atoms with van der Waals surface area (Å²) in [5, 5.41) is 5.90. The van der Waals surface area contributed by atoms with Crippen LogP contribution in [0.1, 0.15) is 43.9 Å². The van der Waals surface area contributed by atoms with Crippen LogP contribution in [0.2, 0.25) is 0 Å². The minimum Gasteiger partial charge on any atom is -0.314 e. The lowest BCUT2D eigenvalue weighted by atomic mass is 9.80. The van der Waals surface area contributed by atoms with Crippen LogP contribution in [0.3, 0.4) is 0 Å². The summed E-state index contributed by atoms with van der Waals surface area (Å²) in [4.78, 5) is 1.54. The second-order valence-corrected chi connectivity index (χ2v) is 6.00. The van der Waals surface area contributed by atoms with Gasteiger partial charge in [0.25, 0.3) is 0 Å². The van der Waals surface area contributed by atoms with Crippen molar-refractivity contribution in [3.05, 3.63) is 22.4 Å². The highest BCUT2D eigenvalue weighted by molar-refractivity contribution is 7.09. The number of hydrogen-bond donors (Lipinski definition) is 1. The van der Waals surface area contributed by atoms with Crippen molar-refractivity contribution in [1.29, 1.82) is 0 Å². The molecule has 1 nitrogen and oxygen atoms in total. The van der Waals surface area contributed by atoms with Gasteiger partial charge in [-0.3, -0.25) is 0 Å². The molecule has 1 aromatic heterocycles. The highest BCUT2D eigenvalue weighted by Crippen LogP contribution is 2.31. The van der Waals surface area contributed by atoms with E-state index in [0.717, 1.165) is 5.92 Å². The Labute approximate surface area is 103 Å². The smallest absolute Gasteiger partial charge is 0.0118 e. The van der Waals surface area contributed by atoms with E-state index in [1.54, 1.807) is 0 Å². The van der Waals surface area contributed by atoms with Gasteiger partial charge < -0.3 is 5.32 Å². The molecule has 0 saturated heterocycles. The predicted octanol–water partition coefficient (Wildman–Crippen LogP) is 3.85. The van der Waals surface area contributed by atoms with E-state index >= 15 is 0 Å². The number of rotatable bonds is 7. The number of nitrogens with one attached hydrogen (secondary N) is 1. The van der Waals surface area contributed by atoms with E-state index < -0.39 is 0 Å². The monoisotopic (exact) mass is 237 g/mol. The van der Waals surface area contributed by atoms with Gasteiger partial charge in [0.2, 0.25) is 0 Å². The fourth-order valence-corrected chi connectivity index (χ4v) is 3.18. The van der Waals surface area contributed by atoms with E-state index in [4.69, 9.17) is 0 Å². The molecule has 1 fully saturated rings. The second kappa shape index (κ2) is 6.41. The van der Waals surface area contributed by atoms with Crippen LogP contribution in [0.15, 0.2) is 17.5 Å². The van der Waals surface area contributed by atoms with E-state index in [2.05, 4.69) is 29.8 Å². The molecule has 2 rings (SSSR count). The topological polar surface area (TPSA) is 12.0 Å². The molecule has 0 bridgehead atoms. The largest absolute Gasteiger partial charge is 0.314 e. The normalized spacial score (nSPS) is 18.3. The summed E-state index contributed by atoms with van der Waals surface area (Å²) in [5.41, 5.74) is 0. The summed E-state index contributed by atoms with van der Waals surface area (Å²) in [6.45, 7) is 3.42. The molecule has 1 aliphatic rings. The molecule has 1 aliphatic carbocycles. The predicted molar refractivity (Wildman–Crippen MR) is 72.1 cm³/mol. The lowest BCUT2D eigenvalue weighted by Crippen LogP contribution is -2.34. The van der Waals surface area contributed by atoms with Gasteiger partial charge in [-0.2, -0.15) is 0 Å². The van der Waals surface area contributed by atoms with Crippen molar-refractivity contribution in [2.24, 2.45) is 5.92 Å². The van der Waals surface area contributed by atoms with Crippen molar-refractivity contribution < 1.29 is 0 Å². The Kier molecular flexibility index (Phi) is 4.86. The summed E-state index contributed by atoms with van der Waals surface area (Å²) < 4.78 is 0. The summed E-state index contributed by atoms with van der Waals surface area (Å²) >= 11 is 1.90. The zero-order chi connectivity index (χ0) is 11.2. The summed E-state index contributed by atoms with van der Waals surface area (Å²) in [7, 11) is 0. The minimum atomic E-state index is 0.712. The molecule has 1 aromatic rings. The van der Waals surface area contributed by atoms with Crippen LogP contribution >= 0.6 is 11.3 Å². The lowest BCUT2D eigenvalue weighted by molar-refractivity contribution is 0.259. The maximum absolute atomic E-state index is 3.71. The van der Waals surface area contributed by atoms with Gasteiger partial charge in [-0.25, -0.2) is 0 Å². The van der Waals surface area contributed by atoms with Gasteiger partial charge in [0.1, 0.15) is 0 Å². The number of hydrogen-bond acceptors (Lipinski definition) is 2. The molecule has 0 aliphatic heterocycles. The molecular formula is C14H23NS. The zero-order valence-corrected chi connectivity index (χ0v) is 11.1. The first-order valence-corrected chi connectivity index (χ1v) is 7.52. The van der Waals surface area contributed by atoms with Gasteiger partial charge in [0.05, 0.1) is 0 Å².